The molecule has 1 heterocycles. The summed E-state index contributed by atoms with van der Waals surface area (Å²) >= 11 is 3.31. The van der Waals surface area contributed by atoms with Gasteiger partial charge in [-0.25, -0.2) is 9.37 Å². The van der Waals surface area contributed by atoms with E-state index in [4.69, 9.17) is 4.74 Å². The van der Waals surface area contributed by atoms with Crippen molar-refractivity contribution in [3.8, 4) is 0 Å². The molecule has 0 saturated heterocycles. The van der Waals surface area contributed by atoms with Crippen molar-refractivity contribution >= 4 is 26.8 Å². The van der Waals surface area contributed by atoms with E-state index >= 15 is 0 Å². The summed E-state index contributed by atoms with van der Waals surface area (Å²) in [5, 5.41) is 0.281. The van der Waals surface area contributed by atoms with Gasteiger partial charge in [0.15, 0.2) is 0 Å². The highest BCUT2D eigenvalue weighted by Crippen LogP contribution is 2.29. The summed E-state index contributed by atoms with van der Waals surface area (Å²) < 4.78 is 21.5. The maximum absolute atomic E-state index is 13.8. The van der Waals surface area contributed by atoms with Gasteiger partial charge in [0, 0.05) is 11.6 Å². The Kier molecular flexibility index (Phi) is 4.59. The Balaban J connectivity index is 1.99. The zero-order valence-corrected chi connectivity index (χ0v) is 14.0. The number of hydrogen-bond donors (Lipinski definition) is 0. The van der Waals surface area contributed by atoms with Crippen LogP contribution in [0.1, 0.15) is 25.7 Å². The van der Waals surface area contributed by atoms with E-state index in [1.807, 2.05) is 0 Å². The SMILES string of the molecule is COC(Cn1cnc2c(F)ccc(Br)c2c1=O)C1CCCC1. The van der Waals surface area contributed by atoms with Gasteiger partial charge in [0.1, 0.15) is 11.3 Å². The van der Waals surface area contributed by atoms with Crippen LogP contribution in [0.5, 0.6) is 0 Å². The van der Waals surface area contributed by atoms with E-state index in [9.17, 15) is 9.18 Å². The molecule has 0 spiro atoms. The number of rotatable bonds is 4. The molecule has 22 heavy (non-hydrogen) atoms. The van der Waals surface area contributed by atoms with Gasteiger partial charge in [-0.15, -0.1) is 0 Å². The number of ether oxygens (including phenoxy) is 1. The molecule has 0 radical (unpaired) electrons. The second-order valence-corrected chi connectivity index (χ2v) is 6.63. The molecule has 6 heteroatoms. The highest BCUT2D eigenvalue weighted by atomic mass is 79.9. The molecule has 1 atom stereocenters. The van der Waals surface area contributed by atoms with E-state index < -0.39 is 5.82 Å². The first-order chi connectivity index (χ1) is 10.6. The van der Waals surface area contributed by atoms with Gasteiger partial charge >= 0.3 is 0 Å². The van der Waals surface area contributed by atoms with Crippen LogP contribution in [0.4, 0.5) is 4.39 Å². The fourth-order valence-corrected chi connectivity index (χ4v) is 3.75. The Morgan fingerprint density at radius 1 is 1.45 bits per heavy atom. The van der Waals surface area contributed by atoms with Crippen LogP contribution in [0.15, 0.2) is 27.7 Å². The van der Waals surface area contributed by atoms with E-state index in [1.54, 1.807) is 7.11 Å². The van der Waals surface area contributed by atoms with E-state index in [0.717, 1.165) is 12.8 Å². The monoisotopic (exact) mass is 368 g/mol. The van der Waals surface area contributed by atoms with Gasteiger partial charge in [0.05, 0.1) is 24.4 Å². The van der Waals surface area contributed by atoms with E-state index in [2.05, 4.69) is 20.9 Å². The third-order valence-corrected chi connectivity index (χ3v) is 5.14. The second-order valence-electron chi connectivity index (χ2n) is 5.77. The number of methoxy groups -OCH3 is 1. The van der Waals surface area contributed by atoms with Gasteiger partial charge < -0.3 is 4.74 Å². The molecule has 1 saturated carbocycles. The van der Waals surface area contributed by atoms with Crippen LogP contribution in [-0.2, 0) is 11.3 Å². The quantitative estimate of drug-likeness (QED) is 0.829. The van der Waals surface area contributed by atoms with Crippen molar-refractivity contribution in [2.24, 2.45) is 5.92 Å². The van der Waals surface area contributed by atoms with Gasteiger partial charge in [-0.1, -0.05) is 12.8 Å². The first-order valence-corrected chi connectivity index (χ1v) is 8.27. The Morgan fingerprint density at radius 2 is 2.18 bits per heavy atom. The molecule has 0 N–H and O–H groups in total. The van der Waals surface area contributed by atoms with Crippen molar-refractivity contribution < 1.29 is 9.13 Å². The van der Waals surface area contributed by atoms with E-state index in [1.165, 1.54) is 35.9 Å². The minimum absolute atomic E-state index is 0.00761. The Morgan fingerprint density at radius 3 is 2.86 bits per heavy atom. The molecule has 0 aliphatic heterocycles. The van der Waals surface area contributed by atoms with Crippen LogP contribution in [-0.4, -0.2) is 22.8 Å². The van der Waals surface area contributed by atoms with Crippen molar-refractivity contribution in [1.82, 2.24) is 9.55 Å². The van der Waals surface area contributed by atoms with Crippen molar-refractivity contribution in [1.29, 1.82) is 0 Å². The standard InChI is InChI=1S/C16H18BrFN2O2/c1-22-13(10-4-2-3-5-10)8-20-9-19-15-12(18)7-6-11(17)14(15)16(20)21/h6-7,9-10,13H,2-5,8H2,1H3. The van der Waals surface area contributed by atoms with Crippen molar-refractivity contribution in [3.05, 3.63) is 39.1 Å². The lowest BCUT2D eigenvalue weighted by Gasteiger charge is -2.22. The summed E-state index contributed by atoms with van der Waals surface area (Å²) in [5.74, 6) is -0.00918. The summed E-state index contributed by atoms with van der Waals surface area (Å²) in [6, 6.07) is 2.84. The molecule has 3 rings (SSSR count). The molecule has 2 aromatic rings. The summed E-state index contributed by atoms with van der Waals surface area (Å²) in [4.78, 5) is 16.8. The number of fused-ring (bicyclic) bond motifs is 1. The first kappa shape index (κ1) is 15.6. The summed E-state index contributed by atoms with van der Waals surface area (Å²) in [7, 11) is 1.68. The molecule has 1 aliphatic carbocycles. The molecule has 118 valence electrons. The number of halogens is 2. The third-order valence-electron chi connectivity index (χ3n) is 4.48. The smallest absolute Gasteiger partial charge is 0.262 e. The fourth-order valence-electron chi connectivity index (χ4n) is 3.26. The van der Waals surface area contributed by atoms with Crippen molar-refractivity contribution in [3.63, 3.8) is 0 Å². The topological polar surface area (TPSA) is 44.1 Å². The number of aromatic nitrogens is 2. The largest absolute Gasteiger partial charge is 0.379 e. The van der Waals surface area contributed by atoms with Crippen LogP contribution in [0.2, 0.25) is 0 Å². The second kappa shape index (κ2) is 6.46. The van der Waals surface area contributed by atoms with Crippen LogP contribution in [0.3, 0.4) is 0 Å². The van der Waals surface area contributed by atoms with Gasteiger partial charge in [-0.05, 0) is 46.8 Å². The zero-order valence-electron chi connectivity index (χ0n) is 12.4. The molecule has 1 aromatic carbocycles. The molecule has 1 unspecified atom stereocenters. The lowest BCUT2D eigenvalue weighted by Crippen LogP contribution is -2.32. The van der Waals surface area contributed by atoms with E-state index in [0.29, 0.717) is 16.9 Å². The lowest BCUT2D eigenvalue weighted by atomic mass is 10.0. The third kappa shape index (κ3) is 2.82. The van der Waals surface area contributed by atoms with Crippen molar-refractivity contribution in [2.75, 3.05) is 7.11 Å². The van der Waals surface area contributed by atoms with Gasteiger partial charge in [-0.2, -0.15) is 0 Å². The van der Waals surface area contributed by atoms with E-state index in [-0.39, 0.29) is 22.6 Å². The minimum atomic E-state index is -0.485. The highest BCUT2D eigenvalue weighted by molar-refractivity contribution is 9.10. The maximum Gasteiger partial charge on any atom is 0.262 e. The van der Waals surface area contributed by atoms with Crippen LogP contribution in [0.25, 0.3) is 10.9 Å². The van der Waals surface area contributed by atoms with Gasteiger partial charge in [0.25, 0.3) is 5.56 Å². The fraction of sp³-hybridized carbons (Fsp3) is 0.500. The van der Waals surface area contributed by atoms with Crippen LogP contribution in [0, 0.1) is 11.7 Å². The number of benzene rings is 1. The lowest BCUT2D eigenvalue weighted by molar-refractivity contribution is 0.0399. The van der Waals surface area contributed by atoms with Crippen molar-refractivity contribution in [2.45, 2.75) is 38.3 Å². The molecule has 0 amide bonds. The first-order valence-electron chi connectivity index (χ1n) is 7.47. The minimum Gasteiger partial charge on any atom is -0.379 e. The summed E-state index contributed by atoms with van der Waals surface area (Å²) in [6.07, 6.45) is 6.10. The average molecular weight is 369 g/mol. The highest BCUT2D eigenvalue weighted by Gasteiger charge is 2.26. The normalized spacial score (nSPS) is 17.2. The average Bonchev–Trinajstić information content (AvgIpc) is 3.04. The summed E-state index contributed by atoms with van der Waals surface area (Å²) in [6.45, 7) is 0.450. The van der Waals surface area contributed by atoms with Crippen LogP contribution >= 0.6 is 15.9 Å². The van der Waals surface area contributed by atoms with Gasteiger partial charge in [-0.3, -0.25) is 9.36 Å². The number of nitrogens with zero attached hydrogens (tertiary/aromatic N) is 2. The molecule has 1 aliphatic rings. The Hall–Kier alpha value is -1.27. The molecular weight excluding hydrogens is 351 g/mol. The predicted octanol–water partition coefficient (Wildman–Crippen LogP) is 3.50. The molecule has 0 bridgehead atoms. The zero-order chi connectivity index (χ0) is 15.7. The molecule has 1 fully saturated rings. The summed E-state index contributed by atoms with van der Waals surface area (Å²) in [5.41, 5.74) is -0.137. The van der Waals surface area contributed by atoms with Crippen LogP contribution < -0.4 is 5.56 Å². The maximum atomic E-state index is 13.8. The Labute approximate surface area is 136 Å². The molecule has 1 aromatic heterocycles. The molecular formula is C16H18BrFN2O2. The number of hydrogen-bond acceptors (Lipinski definition) is 3. The predicted molar refractivity (Wildman–Crippen MR) is 86.4 cm³/mol. The molecule has 4 nitrogen and oxygen atoms in total. The van der Waals surface area contributed by atoms with Gasteiger partial charge in [0.2, 0.25) is 0 Å². The Bertz CT molecular complexity index is 741.